The predicted octanol–water partition coefficient (Wildman–Crippen LogP) is 5.58. The Kier molecular flexibility index (Phi) is 8.54. The molecule has 1 saturated heterocycles. The van der Waals surface area contributed by atoms with Gasteiger partial charge in [0, 0.05) is 36.3 Å². The molecule has 176 valence electrons. The van der Waals surface area contributed by atoms with Gasteiger partial charge in [0.05, 0.1) is 5.69 Å². The first kappa shape index (κ1) is 23.9. The fourth-order valence-corrected chi connectivity index (χ4v) is 5.33. The molecule has 2 aliphatic rings. The molecule has 6 heteroatoms. The minimum Gasteiger partial charge on any atom is -0.303 e. The van der Waals surface area contributed by atoms with Gasteiger partial charge in [-0.1, -0.05) is 48.6 Å². The fourth-order valence-electron chi connectivity index (χ4n) is 5.14. The van der Waals surface area contributed by atoms with Crippen molar-refractivity contribution < 1.29 is 10.0 Å². The number of unbranched alkanes of at least 4 members (excludes halogenated alkanes) is 4. The summed E-state index contributed by atoms with van der Waals surface area (Å²) in [7, 11) is 0. The number of halogens is 1. The monoisotopic (exact) mass is 467 g/mol. The van der Waals surface area contributed by atoms with Gasteiger partial charge in [0.15, 0.2) is 0 Å². The number of carbonyl (C=O) groups excluding carboxylic acids is 1. The molecule has 0 unspecified atom stereocenters. The number of nitrogens with one attached hydrogen (secondary N) is 1. The highest BCUT2D eigenvalue weighted by Crippen LogP contribution is 2.38. The SMILES string of the molecule is O=C(CCCCCCCN1CCC(=C2c3ccc(Cl)cc3CCc3cccnc32)CC1)NO. The smallest absolute Gasteiger partial charge is 0.243 e. The van der Waals surface area contributed by atoms with Crippen molar-refractivity contribution in [3.63, 3.8) is 0 Å². The van der Waals surface area contributed by atoms with E-state index in [9.17, 15) is 4.79 Å². The number of hydroxylamine groups is 1. The van der Waals surface area contributed by atoms with Crippen molar-refractivity contribution in [3.05, 3.63) is 69.5 Å². The number of piperidine rings is 1. The minimum absolute atomic E-state index is 0.287. The number of fused-ring (bicyclic) bond motifs is 2. The molecule has 2 aromatic rings. The lowest BCUT2D eigenvalue weighted by molar-refractivity contribution is -0.129. The van der Waals surface area contributed by atoms with Crippen LogP contribution in [0.1, 0.15) is 73.8 Å². The number of hydrogen-bond acceptors (Lipinski definition) is 4. The van der Waals surface area contributed by atoms with E-state index < -0.39 is 0 Å². The van der Waals surface area contributed by atoms with Crippen LogP contribution in [0.4, 0.5) is 0 Å². The van der Waals surface area contributed by atoms with Crippen LogP contribution in [0.3, 0.4) is 0 Å². The Morgan fingerprint density at radius 3 is 2.58 bits per heavy atom. The summed E-state index contributed by atoms with van der Waals surface area (Å²) in [5.41, 5.74) is 9.72. The summed E-state index contributed by atoms with van der Waals surface area (Å²) in [6, 6.07) is 10.6. The quantitative estimate of drug-likeness (QED) is 0.302. The molecule has 0 saturated carbocycles. The molecule has 4 rings (SSSR count). The summed E-state index contributed by atoms with van der Waals surface area (Å²) in [5, 5.41) is 9.33. The van der Waals surface area contributed by atoms with Crippen molar-refractivity contribution in [2.75, 3.05) is 19.6 Å². The molecule has 2 heterocycles. The van der Waals surface area contributed by atoms with Crippen LogP contribution in [-0.2, 0) is 17.6 Å². The number of hydrogen-bond donors (Lipinski definition) is 2. The summed E-state index contributed by atoms with van der Waals surface area (Å²) < 4.78 is 0. The van der Waals surface area contributed by atoms with Crippen LogP contribution < -0.4 is 5.48 Å². The maximum atomic E-state index is 11.0. The van der Waals surface area contributed by atoms with Crippen LogP contribution in [0.2, 0.25) is 5.02 Å². The standard InChI is InChI=1S/C27H34ClN3O2/c28-23-11-12-24-22(19-23)10-9-21-7-6-15-29-27(21)26(24)20-13-17-31(18-14-20)16-5-3-1-2-4-8-25(32)30-33/h6-7,11-12,15,19,33H,1-5,8-10,13-14,16-18H2,(H,30,32). The molecule has 2 N–H and O–H groups in total. The number of nitrogens with zero attached hydrogens (tertiary/aromatic N) is 2. The normalized spacial score (nSPS) is 16.2. The Bertz CT molecular complexity index is 995. The van der Waals surface area contributed by atoms with Gasteiger partial charge in [-0.2, -0.15) is 0 Å². The average Bonchev–Trinajstić information content (AvgIpc) is 3.00. The predicted molar refractivity (Wildman–Crippen MR) is 132 cm³/mol. The van der Waals surface area contributed by atoms with Crippen molar-refractivity contribution in [1.82, 2.24) is 15.4 Å². The van der Waals surface area contributed by atoms with Gasteiger partial charge < -0.3 is 4.90 Å². The number of carbonyl (C=O) groups is 1. The third-order valence-corrected chi connectivity index (χ3v) is 7.18. The molecular formula is C27H34ClN3O2. The average molecular weight is 468 g/mol. The van der Waals surface area contributed by atoms with Gasteiger partial charge in [0.1, 0.15) is 0 Å². The Morgan fingerprint density at radius 1 is 1.00 bits per heavy atom. The minimum atomic E-state index is -0.287. The summed E-state index contributed by atoms with van der Waals surface area (Å²) in [6.45, 7) is 3.34. The molecule has 1 aliphatic carbocycles. The first-order valence-corrected chi connectivity index (χ1v) is 12.6. The molecule has 0 spiro atoms. The Balaban J connectivity index is 1.36. The zero-order valence-electron chi connectivity index (χ0n) is 19.3. The van der Waals surface area contributed by atoms with Crippen LogP contribution >= 0.6 is 11.6 Å². The van der Waals surface area contributed by atoms with E-state index in [1.165, 1.54) is 40.7 Å². The molecule has 1 aromatic carbocycles. The number of amides is 1. The van der Waals surface area contributed by atoms with Crippen molar-refractivity contribution in [3.8, 4) is 0 Å². The molecule has 1 fully saturated rings. The molecule has 1 amide bonds. The van der Waals surface area contributed by atoms with Crippen molar-refractivity contribution in [2.24, 2.45) is 0 Å². The van der Waals surface area contributed by atoms with E-state index >= 15 is 0 Å². The van der Waals surface area contributed by atoms with Gasteiger partial charge in [-0.05, 0) is 80.0 Å². The van der Waals surface area contributed by atoms with Crippen molar-refractivity contribution in [1.29, 1.82) is 0 Å². The van der Waals surface area contributed by atoms with E-state index in [1.54, 1.807) is 5.48 Å². The van der Waals surface area contributed by atoms with E-state index in [0.29, 0.717) is 6.42 Å². The van der Waals surface area contributed by atoms with Gasteiger partial charge in [-0.15, -0.1) is 0 Å². The van der Waals surface area contributed by atoms with Gasteiger partial charge >= 0.3 is 0 Å². The molecule has 5 nitrogen and oxygen atoms in total. The second kappa shape index (κ2) is 11.8. The van der Waals surface area contributed by atoms with Gasteiger partial charge in [-0.25, -0.2) is 5.48 Å². The van der Waals surface area contributed by atoms with Crippen LogP contribution in [0.15, 0.2) is 42.1 Å². The lowest BCUT2D eigenvalue weighted by Crippen LogP contribution is -2.32. The number of likely N-dealkylation sites (tertiary alicyclic amines) is 1. The van der Waals surface area contributed by atoms with E-state index in [4.69, 9.17) is 21.8 Å². The van der Waals surface area contributed by atoms with E-state index in [-0.39, 0.29) is 5.91 Å². The third kappa shape index (κ3) is 6.23. The lowest BCUT2D eigenvalue weighted by atomic mass is 9.88. The van der Waals surface area contributed by atoms with Gasteiger partial charge in [0.2, 0.25) is 5.91 Å². The number of aromatic nitrogens is 1. The molecular weight excluding hydrogens is 434 g/mol. The van der Waals surface area contributed by atoms with Crippen molar-refractivity contribution in [2.45, 2.75) is 64.2 Å². The summed E-state index contributed by atoms with van der Waals surface area (Å²) >= 11 is 6.34. The highest BCUT2D eigenvalue weighted by Gasteiger charge is 2.25. The largest absolute Gasteiger partial charge is 0.303 e. The second-order valence-corrected chi connectivity index (χ2v) is 9.62. The highest BCUT2D eigenvalue weighted by molar-refractivity contribution is 6.30. The van der Waals surface area contributed by atoms with E-state index in [0.717, 1.165) is 75.3 Å². The van der Waals surface area contributed by atoms with E-state index in [1.807, 2.05) is 18.3 Å². The Morgan fingerprint density at radius 2 is 1.76 bits per heavy atom. The zero-order chi connectivity index (χ0) is 23.0. The lowest BCUT2D eigenvalue weighted by Gasteiger charge is -2.30. The first-order valence-electron chi connectivity index (χ1n) is 12.3. The summed E-state index contributed by atoms with van der Waals surface area (Å²) in [4.78, 5) is 18.5. The maximum absolute atomic E-state index is 11.0. The highest BCUT2D eigenvalue weighted by atomic mass is 35.5. The molecule has 1 aliphatic heterocycles. The summed E-state index contributed by atoms with van der Waals surface area (Å²) in [6.07, 6.45) is 11.9. The number of pyridine rings is 1. The molecule has 0 radical (unpaired) electrons. The van der Waals surface area contributed by atoms with Crippen LogP contribution in [-0.4, -0.2) is 40.6 Å². The number of rotatable bonds is 8. The third-order valence-electron chi connectivity index (χ3n) is 6.94. The number of aryl methyl sites for hydroxylation is 2. The number of benzene rings is 1. The van der Waals surface area contributed by atoms with Crippen LogP contribution in [0, 0.1) is 0 Å². The van der Waals surface area contributed by atoms with Gasteiger partial charge in [-0.3, -0.25) is 15.0 Å². The molecule has 1 aromatic heterocycles. The Labute approximate surface area is 201 Å². The zero-order valence-corrected chi connectivity index (χ0v) is 20.0. The topological polar surface area (TPSA) is 65.5 Å². The molecule has 33 heavy (non-hydrogen) atoms. The van der Waals surface area contributed by atoms with Crippen LogP contribution in [0.5, 0.6) is 0 Å². The summed E-state index contributed by atoms with van der Waals surface area (Å²) in [5.74, 6) is -0.287. The fraction of sp³-hybridized carbons (Fsp3) is 0.481. The molecule has 0 atom stereocenters. The Hall–Kier alpha value is -2.21. The van der Waals surface area contributed by atoms with Crippen LogP contribution in [0.25, 0.3) is 5.57 Å². The molecule has 0 bridgehead atoms. The van der Waals surface area contributed by atoms with Gasteiger partial charge in [0.25, 0.3) is 0 Å². The van der Waals surface area contributed by atoms with Crippen molar-refractivity contribution >= 4 is 23.1 Å². The van der Waals surface area contributed by atoms with E-state index in [2.05, 4.69) is 23.1 Å². The first-order chi connectivity index (χ1) is 16.2. The second-order valence-electron chi connectivity index (χ2n) is 9.19. The maximum Gasteiger partial charge on any atom is 0.243 e.